The lowest BCUT2D eigenvalue weighted by Gasteiger charge is -2.48. The fourth-order valence-electron chi connectivity index (χ4n) is 6.81. The van der Waals surface area contributed by atoms with Crippen LogP contribution in [0.15, 0.2) is 54.6 Å². The number of fused-ring (bicyclic) bond motifs is 8. The Morgan fingerprint density at radius 1 is 0.811 bits per heavy atom. The summed E-state index contributed by atoms with van der Waals surface area (Å²) in [5.41, 5.74) is 4.46. The van der Waals surface area contributed by atoms with Crippen LogP contribution in [0.3, 0.4) is 0 Å². The van der Waals surface area contributed by atoms with E-state index in [-0.39, 0.29) is 5.56 Å². The molecular weight excluding hydrogens is 480 g/mol. The minimum absolute atomic E-state index is 0.0908. The Labute approximate surface area is 218 Å². The van der Waals surface area contributed by atoms with Gasteiger partial charge in [-0.2, -0.15) is 0 Å². The molecule has 0 amide bonds. The maximum absolute atomic E-state index is 13.4. The van der Waals surface area contributed by atoms with Crippen LogP contribution in [0.1, 0.15) is 56.7 Å². The molecule has 0 saturated carbocycles. The molecule has 6 rings (SSSR count). The molecule has 0 atom stereocenters. The molecule has 3 aliphatic heterocycles. The maximum Gasteiger partial charge on any atom is 0.340 e. The van der Waals surface area contributed by atoms with Gasteiger partial charge in [0.25, 0.3) is 0 Å². The largest absolute Gasteiger partial charge is 0.478 e. The Hall–Kier alpha value is -3.58. The highest BCUT2D eigenvalue weighted by Gasteiger charge is 2.58. The van der Waals surface area contributed by atoms with Gasteiger partial charge in [0.1, 0.15) is 8.07 Å². The molecule has 0 bridgehead atoms. The van der Waals surface area contributed by atoms with Gasteiger partial charge in [-0.15, -0.1) is 0 Å². The van der Waals surface area contributed by atoms with Gasteiger partial charge in [0, 0.05) is 56.3 Å². The van der Waals surface area contributed by atoms with Crippen LogP contribution in [0.2, 0.25) is 12.1 Å². The van der Waals surface area contributed by atoms with E-state index in [9.17, 15) is 14.7 Å². The standard InChI is InChI=1S/C30H32N2O4Si/c1-31(2)20-9-12-24-26(17-20)37(14-6-5-7-15-37)27-18-21(32(3)4)10-13-25(27)30(24)23-11-8-19(28(33)34)16-22(23)29(35)36-30/h8-13,16-18H,5-7,14-15H2,1-4H3,(H,33,34). The first kappa shape index (κ1) is 23.8. The van der Waals surface area contributed by atoms with Gasteiger partial charge in [-0.05, 0) is 58.9 Å². The van der Waals surface area contributed by atoms with Crippen molar-refractivity contribution in [1.29, 1.82) is 0 Å². The zero-order valence-electron chi connectivity index (χ0n) is 21.8. The van der Waals surface area contributed by atoms with Gasteiger partial charge < -0.3 is 19.6 Å². The molecule has 2 spiro atoms. The Bertz CT molecular complexity index is 1390. The summed E-state index contributed by atoms with van der Waals surface area (Å²) >= 11 is 0. The molecule has 3 aromatic rings. The molecule has 0 unspecified atom stereocenters. The number of anilines is 2. The van der Waals surface area contributed by atoms with Crippen molar-refractivity contribution >= 4 is 41.8 Å². The van der Waals surface area contributed by atoms with E-state index in [0.29, 0.717) is 5.56 Å². The number of ether oxygens (including phenoxy) is 1. The third-order valence-corrected chi connectivity index (χ3v) is 14.0. The van der Waals surface area contributed by atoms with Crippen molar-refractivity contribution in [2.24, 2.45) is 0 Å². The van der Waals surface area contributed by atoms with E-state index in [0.717, 1.165) is 28.1 Å². The molecule has 1 saturated heterocycles. The number of rotatable bonds is 3. The second-order valence-corrected chi connectivity index (χ2v) is 15.3. The Morgan fingerprint density at radius 2 is 1.35 bits per heavy atom. The van der Waals surface area contributed by atoms with Crippen molar-refractivity contribution in [2.75, 3.05) is 38.0 Å². The topological polar surface area (TPSA) is 70.1 Å². The smallest absolute Gasteiger partial charge is 0.340 e. The van der Waals surface area contributed by atoms with E-state index in [1.807, 2.05) is 0 Å². The van der Waals surface area contributed by atoms with Crippen LogP contribution in [-0.2, 0) is 10.3 Å². The fourth-order valence-corrected chi connectivity index (χ4v) is 12.5. The van der Waals surface area contributed by atoms with E-state index in [2.05, 4.69) is 74.4 Å². The molecule has 1 fully saturated rings. The number of esters is 1. The van der Waals surface area contributed by atoms with Crippen molar-refractivity contribution in [3.05, 3.63) is 82.4 Å². The molecule has 3 aliphatic rings. The van der Waals surface area contributed by atoms with Crippen LogP contribution >= 0.6 is 0 Å². The lowest BCUT2D eigenvalue weighted by atomic mass is 9.78. The number of aromatic carboxylic acids is 1. The highest BCUT2D eigenvalue weighted by Crippen LogP contribution is 2.51. The average molecular weight is 513 g/mol. The van der Waals surface area contributed by atoms with Crippen molar-refractivity contribution in [3.8, 4) is 0 Å². The molecule has 3 aromatic carbocycles. The first-order chi connectivity index (χ1) is 17.7. The summed E-state index contributed by atoms with van der Waals surface area (Å²) < 4.78 is 6.45. The number of carbonyl (C=O) groups excluding carboxylic acids is 1. The number of carboxylic acids is 1. The van der Waals surface area contributed by atoms with Crippen molar-refractivity contribution < 1.29 is 19.4 Å². The predicted octanol–water partition coefficient (Wildman–Crippen LogP) is 4.04. The fraction of sp³-hybridized carbons (Fsp3) is 0.333. The molecule has 0 aliphatic carbocycles. The quantitative estimate of drug-likeness (QED) is 0.422. The maximum atomic E-state index is 13.4. The van der Waals surface area contributed by atoms with Gasteiger partial charge in [-0.25, -0.2) is 9.59 Å². The highest BCUT2D eigenvalue weighted by molar-refractivity contribution is 7.03. The molecule has 0 aromatic heterocycles. The Kier molecular flexibility index (Phi) is 5.28. The van der Waals surface area contributed by atoms with Gasteiger partial charge in [-0.3, -0.25) is 0 Å². The predicted molar refractivity (Wildman–Crippen MR) is 149 cm³/mol. The summed E-state index contributed by atoms with van der Waals surface area (Å²) in [5.74, 6) is -1.52. The zero-order chi connectivity index (χ0) is 26.1. The number of hydrogen-bond acceptors (Lipinski definition) is 5. The third-order valence-electron chi connectivity index (χ3n) is 8.65. The van der Waals surface area contributed by atoms with Crippen LogP contribution in [0.5, 0.6) is 0 Å². The van der Waals surface area contributed by atoms with Gasteiger partial charge in [0.2, 0.25) is 0 Å². The molecule has 7 heteroatoms. The van der Waals surface area contributed by atoms with Gasteiger partial charge >= 0.3 is 11.9 Å². The first-order valence-electron chi connectivity index (χ1n) is 12.9. The minimum atomic E-state index is -2.17. The molecule has 190 valence electrons. The van der Waals surface area contributed by atoms with E-state index in [1.54, 1.807) is 12.1 Å². The second-order valence-electron chi connectivity index (χ2n) is 11.0. The van der Waals surface area contributed by atoms with Crippen LogP contribution in [0, 0.1) is 0 Å². The van der Waals surface area contributed by atoms with Crippen molar-refractivity contribution in [3.63, 3.8) is 0 Å². The number of benzene rings is 3. The summed E-state index contributed by atoms with van der Waals surface area (Å²) in [7, 11) is 6.08. The van der Waals surface area contributed by atoms with E-state index in [1.165, 1.54) is 47.8 Å². The van der Waals surface area contributed by atoms with Crippen LogP contribution in [-0.4, -0.2) is 53.3 Å². The number of carboxylic acid groups (broad SMARTS) is 1. The summed E-state index contributed by atoms with van der Waals surface area (Å²) in [6, 6.07) is 20.4. The third kappa shape index (κ3) is 3.23. The van der Waals surface area contributed by atoms with E-state index >= 15 is 0 Å². The first-order valence-corrected chi connectivity index (χ1v) is 15.4. The normalized spacial score (nSPS) is 18.1. The van der Waals surface area contributed by atoms with Gasteiger partial charge in [0.05, 0.1) is 11.1 Å². The summed E-state index contributed by atoms with van der Waals surface area (Å²) in [6.45, 7) is 0. The average Bonchev–Trinajstić information content (AvgIpc) is 3.19. The second kappa shape index (κ2) is 8.21. The number of hydrogen-bond donors (Lipinski definition) is 1. The number of carbonyl (C=O) groups is 2. The zero-order valence-corrected chi connectivity index (χ0v) is 22.8. The Balaban J connectivity index is 1.73. The summed E-state index contributed by atoms with van der Waals surface area (Å²) in [4.78, 5) is 29.4. The van der Waals surface area contributed by atoms with Crippen LogP contribution in [0.4, 0.5) is 11.4 Å². The van der Waals surface area contributed by atoms with Gasteiger partial charge in [0.15, 0.2) is 5.60 Å². The molecule has 1 N–H and O–H groups in total. The molecule has 3 heterocycles. The number of nitrogens with zero attached hydrogens (tertiary/aromatic N) is 2. The van der Waals surface area contributed by atoms with Crippen LogP contribution < -0.4 is 20.2 Å². The summed E-state index contributed by atoms with van der Waals surface area (Å²) in [6.07, 6.45) is 3.66. The lowest BCUT2D eigenvalue weighted by molar-refractivity contribution is 0.0255. The van der Waals surface area contributed by atoms with Crippen molar-refractivity contribution in [2.45, 2.75) is 37.0 Å². The lowest BCUT2D eigenvalue weighted by Crippen LogP contribution is -2.67. The van der Waals surface area contributed by atoms with E-state index < -0.39 is 25.6 Å². The van der Waals surface area contributed by atoms with E-state index in [4.69, 9.17) is 4.74 Å². The summed E-state index contributed by atoms with van der Waals surface area (Å²) in [5, 5.41) is 12.3. The highest BCUT2D eigenvalue weighted by atomic mass is 28.3. The van der Waals surface area contributed by atoms with Crippen molar-refractivity contribution in [1.82, 2.24) is 0 Å². The van der Waals surface area contributed by atoms with Gasteiger partial charge in [-0.1, -0.05) is 37.5 Å². The SMILES string of the molecule is CN(C)c1ccc2c(c1)[Si]1(CCCCC1)c1cc(N(C)C)ccc1C21OC(=O)c2cc(C(=O)O)ccc21. The molecule has 0 radical (unpaired) electrons. The van der Waals surface area contributed by atoms with Crippen LogP contribution in [0.25, 0.3) is 0 Å². The molecule has 6 nitrogen and oxygen atoms in total. The Morgan fingerprint density at radius 3 is 1.86 bits per heavy atom. The molecule has 37 heavy (non-hydrogen) atoms. The monoisotopic (exact) mass is 512 g/mol. The molecular formula is C30H32N2O4Si. The minimum Gasteiger partial charge on any atom is -0.478 e.